The van der Waals surface area contributed by atoms with Crippen molar-refractivity contribution in [1.29, 1.82) is 0 Å². The highest BCUT2D eigenvalue weighted by atomic mass is 19.4. The van der Waals surface area contributed by atoms with E-state index in [0.717, 1.165) is 55.0 Å². The topological polar surface area (TPSA) is 9.23 Å². The second-order valence-corrected chi connectivity index (χ2v) is 9.77. The van der Waals surface area contributed by atoms with Crippen molar-refractivity contribution >= 4 is 0 Å². The van der Waals surface area contributed by atoms with Crippen LogP contribution < -0.4 is 4.74 Å². The molecule has 192 valence electrons. The number of alkyl halides is 3. The van der Waals surface area contributed by atoms with Gasteiger partial charge in [0.2, 0.25) is 5.82 Å². The summed E-state index contributed by atoms with van der Waals surface area (Å²) in [5, 5.41) is 0. The summed E-state index contributed by atoms with van der Waals surface area (Å²) < 4.78 is 72.8. The molecule has 1 aliphatic carbocycles. The fourth-order valence-electron chi connectivity index (χ4n) is 5.13. The zero-order valence-electron chi connectivity index (χ0n) is 20.4. The average Bonchev–Trinajstić information content (AvgIpc) is 2.87. The Balaban J connectivity index is 1.45. The van der Waals surface area contributed by atoms with Crippen molar-refractivity contribution in [3.63, 3.8) is 0 Å². The van der Waals surface area contributed by atoms with Crippen LogP contribution in [0.3, 0.4) is 0 Å². The normalized spacial score (nSPS) is 18.3. The minimum absolute atomic E-state index is 0.0148. The van der Waals surface area contributed by atoms with Gasteiger partial charge in [0.05, 0.1) is 5.56 Å². The quantitative estimate of drug-likeness (QED) is 0.279. The van der Waals surface area contributed by atoms with Crippen molar-refractivity contribution in [3.05, 3.63) is 83.4 Å². The predicted octanol–water partition coefficient (Wildman–Crippen LogP) is 9.98. The number of benzene rings is 3. The number of rotatable bonds is 8. The summed E-state index contributed by atoms with van der Waals surface area (Å²) >= 11 is 0. The van der Waals surface area contributed by atoms with Crippen LogP contribution in [0.15, 0.2) is 60.7 Å². The molecule has 0 spiro atoms. The first kappa shape index (κ1) is 26.2. The van der Waals surface area contributed by atoms with Crippen LogP contribution in [0.2, 0.25) is 0 Å². The molecule has 0 saturated heterocycles. The van der Waals surface area contributed by atoms with Crippen molar-refractivity contribution in [2.45, 2.75) is 64.5 Å². The van der Waals surface area contributed by atoms with E-state index in [1.807, 2.05) is 24.3 Å². The summed E-state index contributed by atoms with van der Waals surface area (Å²) in [6, 6.07) is 14.0. The van der Waals surface area contributed by atoms with Gasteiger partial charge in [-0.25, -0.2) is 4.39 Å². The van der Waals surface area contributed by atoms with Gasteiger partial charge in [0.15, 0.2) is 11.6 Å². The Morgan fingerprint density at radius 2 is 1.39 bits per heavy atom. The summed E-state index contributed by atoms with van der Waals surface area (Å²) in [7, 11) is 0. The molecule has 1 saturated carbocycles. The second kappa shape index (κ2) is 11.4. The molecule has 0 unspecified atom stereocenters. The van der Waals surface area contributed by atoms with Crippen LogP contribution in [-0.4, -0.2) is 0 Å². The van der Waals surface area contributed by atoms with Crippen LogP contribution in [0.1, 0.15) is 63.0 Å². The maximum atomic E-state index is 14.7. The molecule has 36 heavy (non-hydrogen) atoms. The van der Waals surface area contributed by atoms with Crippen molar-refractivity contribution in [2.75, 3.05) is 0 Å². The first-order valence-corrected chi connectivity index (χ1v) is 12.7. The van der Waals surface area contributed by atoms with E-state index >= 15 is 0 Å². The van der Waals surface area contributed by atoms with Gasteiger partial charge in [0, 0.05) is 5.56 Å². The van der Waals surface area contributed by atoms with E-state index in [-0.39, 0.29) is 11.5 Å². The minimum atomic E-state index is -4.50. The SMILES string of the molecule is CCC[C@H]1CC[C@H](CCc2ccc(-c3ccc(F)c(F)c3Oc3ccc(C(F)(F)F)cc3)cc2)CC1. The lowest BCUT2D eigenvalue weighted by molar-refractivity contribution is -0.137. The van der Waals surface area contributed by atoms with Gasteiger partial charge in [-0.1, -0.05) is 69.7 Å². The molecule has 3 aromatic rings. The molecule has 4 rings (SSSR count). The van der Waals surface area contributed by atoms with E-state index < -0.39 is 23.4 Å². The molecular formula is C30H31F5O. The highest BCUT2D eigenvalue weighted by Crippen LogP contribution is 2.39. The van der Waals surface area contributed by atoms with Crippen molar-refractivity contribution in [3.8, 4) is 22.6 Å². The van der Waals surface area contributed by atoms with Gasteiger partial charge in [-0.3, -0.25) is 0 Å². The molecule has 1 fully saturated rings. The molecule has 3 aromatic carbocycles. The molecule has 0 bridgehead atoms. The third kappa shape index (κ3) is 6.45. The Labute approximate surface area is 209 Å². The number of aryl methyl sites for hydroxylation is 1. The summed E-state index contributed by atoms with van der Waals surface area (Å²) in [6.45, 7) is 2.25. The van der Waals surface area contributed by atoms with Crippen LogP contribution in [-0.2, 0) is 12.6 Å². The third-order valence-corrected chi connectivity index (χ3v) is 7.22. The minimum Gasteiger partial charge on any atom is -0.454 e. The van der Waals surface area contributed by atoms with Gasteiger partial charge < -0.3 is 4.74 Å². The summed E-state index contributed by atoms with van der Waals surface area (Å²) in [4.78, 5) is 0. The Morgan fingerprint density at radius 1 is 0.778 bits per heavy atom. The Hall–Kier alpha value is -2.89. The molecule has 0 atom stereocenters. The lowest BCUT2D eigenvalue weighted by Crippen LogP contribution is -2.15. The van der Waals surface area contributed by atoms with Crippen LogP contribution in [0.5, 0.6) is 11.5 Å². The van der Waals surface area contributed by atoms with Crippen molar-refractivity contribution in [2.24, 2.45) is 11.8 Å². The highest BCUT2D eigenvalue weighted by Gasteiger charge is 2.30. The third-order valence-electron chi connectivity index (χ3n) is 7.22. The van der Waals surface area contributed by atoms with E-state index in [9.17, 15) is 22.0 Å². The molecule has 0 aliphatic heterocycles. The van der Waals surface area contributed by atoms with Gasteiger partial charge >= 0.3 is 6.18 Å². The fourth-order valence-corrected chi connectivity index (χ4v) is 5.13. The zero-order valence-corrected chi connectivity index (χ0v) is 20.4. The van der Waals surface area contributed by atoms with E-state index in [2.05, 4.69) is 6.92 Å². The molecule has 0 N–H and O–H groups in total. The molecular weight excluding hydrogens is 471 g/mol. The first-order chi connectivity index (χ1) is 17.2. The van der Waals surface area contributed by atoms with Crippen molar-refractivity contribution in [1.82, 2.24) is 0 Å². The number of hydrogen-bond acceptors (Lipinski definition) is 1. The fraction of sp³-hybridized carbons (Fsp3) is 0.400. The van der Waals surface area contributed by atoms with Gasteiger partial charge in [0.25, 0.3) is 0 Å². The molecule has 0 amide bonds. The number of hydrogen-bond donors (Lipinski definition) is 0. The molecule has 6 heteroatoms. The molecule has 0 radical (unpaired) electrons. The molecule has 0 heterocycles. The average molecular weight is 503 g/mol. The molecule has 1 aliphatic rings. The molecule has 0 aromatic heterocycles. The lowest BCUT2D eigenvalue weighted by atomic mass is 9.78. The smallest absolute Gasteiger partial charge is 0.416 e. The van der Waals surface area contributed by atoms with Gasteiger partial charge in [-0.05, 0) is 72.2 Å². The summed E-state index contributed by atoms with van der Waals surface area (Å²) in [6.07, 6.45) is 5.46. The van der Waals surface area contributed by atoms with Gasteiger partial charge in [-0.15, -0.1) is 0 Å². The number of ether oxygens (including phenoxy) is 1. The van der Waals surface area contributed by atoms with Crippen LogP contribution in [0.25, 0.3) is 11.1 Å². The highest BCUT2D eigenvalue weighted by molar-refractivity contribution is 5.71. The Bertz CT molecular complexity index is 1130. The maximum Gasteiger partial charge on any atom is 0.416 e. The standard InChI is InChI=1S/C30H31F5O/c1-2-3-20-4-6-21(7-5-20)8-9-22-10-12-23(13-11-22)26-18-19-27(31)28(32)29(26)36-25-16-14-24(15-17-25)30(33,34)35/h10-21H,2-9H2,1H3/t20-,21-. The van der Waals surface area contributed by atoms with E-state index in [0.29, 0.717) is 11.1 Å². The van der Waals surface area contributed by atoms with Crippen LogP contribution in [0, 0.1) is 23.5 Å². The van der Waals surface area contributed by atoms with E-state index in [4.69, 9.17) is 4.74 Å². The lowest BCUT2D eigenvalue weighted by Gasteiger charge is -2.28. The van der Waals surface area contributed by atoms with Gasteiger partial charge in [-0.2, -0.15) is 17.6 Å². The number of halogens is 5. The Morgan fingerprint density at radius 3 is 1.97 bits per heavy atom. The van der Waals surface area contributed by atoms with Gasteiger partial charge in [0.1, 0.15) is 5.75 Å². The predicted molar refractivity (Wildman–Crippen MR) is 132 cm³/mol. The second-order valence-electron chi connectivity index (χ2n) is 9.77. The van der Waals surface area contributed by atoms with Crippen molar-refractivity contribution < 1.29 is 26.7 Å². The monoisotopic (exact) mass is 502 g/mol. The first-order valence-electron chi connectivity index (χ1n) is 12.7. The van der Waals surface area contributed by atoms with Crippen LogP contribution in [0.4, 0.5) is 22.0 Å². The summed E-state index contributed by atoms with van der Waals surface area (Å²) in [5.74, 6) is -1.00. The largest absolute Gasteiger partial charge is 0.454 e. The molecule has 1 nitrogen and oxygen atoms in total. The van der Waals surface area contributed by atoms with E-state index in [1.54, 1.807) is 0 Å². The van der Waals surface area contributed by atoms with Crippen LogP contribution >= 0.6 is 0 Å². The summed E-state index contributed by atoms with van der Waals surface area (Å²) in [5.41, 5.74) is 1.30. The zero-order chi connectivity index (χ0) is 25.7. The van der Waals surface area contributed by atoms with E-state index in [1.165, 1.54) is 50.2 Å². The maximum absolute atomic E-state index is 14.7. The Kier molecular flexibility index (Phi) is 8.32.